The molecule has 2 atom stereocenters. The summed E-state index contributed by atoms with van der Waals surface area (Å²) in [6.07, 6.45) is 1.93. The van der Waals surface area contributed by atoms with Crippen molar-refractivity contribution in [3.63, 3.8) is 0 Å². The molecule has 2 amide bonds. The minimum Gasteiger partial charge on any atom is -0.490 e. The lowest BCUT2D eigenvalue weighted by Crippen LogP contribution is -2.47. The zero-order valence-electron chi connectivity index (χ0n) is 18.6. The zero-order chi connectivity index (χ0) is 22.8. The van der Waals surface area contributed by atoms with Crippen molar-refractivity contribution in [1.29, 1.82) is 0 Å². The second-order valence-electron chi connectivity index (χ2n) is 7.73. The van der Waals surface area contributed by atoms with Gasteiger partial charge < -0.3 is 23.7 Å². The molecular weight excluding hydrogens is 408 g/mol. The smallest absolute Gasteiger partial charge is 0.298 e. The van der Waals surface area contributed by atoms with E-state index < -0.39 is 0 Å². The predicted octanol–water partition coefficient (Wildman–Crippen LogP) is 4.83. The van der Waals surface area contributed by atoms with Crippen LogP contribution in [0.15, 0.2) is 65.3 Å². The fourth-order valence-corrected chi connectivity index (χ4v) is 4.43. The van der Waals surface area contributed by atoms with Crippen molar-refractivity contribution in [2.75, 3.05) is 24.0 Å². The fourth-order valence-electron chi connectivity index (χ4n) is 4.43. The van der Waals surface area contributed by atoms with E-state index in [-0.39, 0.29) is 35.4 Å². The van der Waals surface area contributed by atoms with Gasteiger partial charge in [-0.1, -0.05) is 36.4 Å². The molecule has 4 rings (SSSR count). The molecule has 7 heteroatoms. The second kappa shape index (κ2) is 8.78. The van der Waals surface area contributed by atoms with Gasteiger partial charge in [-0.25, -0.2) is 0 Å². The number of benzene rings is 2. The maximum Gasteiger partial charge on any atom is 0.298 e. The zero-order valence-corrected chi connectivity index (χ0v) is 18.6. The Kier molecular flexibility index (Phi) is 5.90. The third-order valence-corrected chi connectivity index (χ3v) is 5.80. The molecule has 1 aliphatic rings. The van der Waals surface area contributed by atoms with Crippen molar-refractivity contribution in [3.05, 3.63) is 72.2 Å². The van der Waals surface area contributed by atoms with E-state index in [1.54, 1.807) is 16.7 Å². The molecule has 32 heavy (non-hydrogen) atoms. The average Bonchev–Trinajstić information content (AvgIpc) is 3.22. The van der Waals surface area contributed by atoms with Crippen molar-refractivity contribution >= 4 is 23.2 Å². The van der Waals surface area contributed by atoms with Crippen LogP contribution in [0.2, 0.25) is 0 Å². The first kappa shape index (κ1) is 21.5. The molecule has 0 fully saturated rings. The number of carbonyl (C=O) groups is 2. The standard InChI is InChI=1S/C25H26N2O5/c1-16-14-21(27(17(2)28)18-10-6-5-7-11-18)19-12-8-9-13-20(19)26(16)25(29)24-23(31-4)22(30-3)15-32-24/h5-13,15-16,21H,14H2,1-4H3/t16-,21+/m0/s1. The third kappa shape index (κ3) is 3.60. The number of fused-ring (bicyclic) bond motifs is 1. The number of ether oxygens (including phenoxy) is 2. The summed E-state index contributed by atoms with van der Waals surface area (Å²) in [5.74, 6) is 0.325. The summed E-state index contributed by atoms with van der Waals surface area (Å²) in [5.41, 5.74) is 2.46. The van der Waals surface area contributed by atoms with Gasteiger partial charge in [0, 0.05) is 24.3 Å². The minimum atomic E-state index is -0.322. The van der Waals surface area contributed by atoms with Crippen LogP contribution in [-0.2, 0) is 4.79 Å². The monoisotopic (exact) mass is 434 g/mol. The van der Waals surface area contributed by atoms with Crippen molar-refractivity contribution in [2.24, 2.45) is 0 Å². The highest BCUT2D eigenvalue weighted by molar-refractivity contribution is 6.08. The number of carbonyl (C=O) groups excluding carboxylic acids is 2. The summed E-state index contributed by atoms with van der Waals surface area (Å²) < 4.78 is 16.1. The summed E-state index contributed by atoms with van der Waals surface area (Å²) >= 11 is 0. The van der Waals surface area contributed by atoms with Crippen LogP contribution in [0.1, 0.15) is 42.4 Å². The largest absolute Gasteiger partial charge is 0.490 e. The Morgan fingerprint density at radius 2 is 1.72 bits per heavy atom. The van der Waals surface area contributed by atoms with Crippen molar-refractivity contribution < 1.29 is 23.5 Å². The number of rotatable bonds is 5. The molecule has 1 aromatic heterocycles. The Bertz CT molecular complexity index is 1120. The summed E-state index contributed by atoms with van der Waals surface area (Å²) in [6.45, 7) is 3.54. The second-order valence-corrected chi connectivity index (χ2v) is 7.73. The topological polar surface area (TPSA) is 72.2 Å². The molecule has 1 aliphatic heterocycles. The number of furan rings is 1. The van der Waals surface area contributed by atoms with E-state index in [4.69, 9.17) is 13.9 Å². The van der Waals surface area contributed by atoms with Crippen LogP contribution in [0.25, 0.3) is 0 Å². The molecule has 7 nitrogen and oxygen atoms in total. The number of nitrogens with zero attached hydrogens (tertiary/aromatic N) is 2. The van der Waals surface area contributed by atoms with Crippen LogP contribution in [0.3, 0.4) is 0 Å². The molecule has 2 aromatic carbocycles. The first-order valence-electron chi connectivity index (χ1n) is 10.4. The van der Waals surface area contributed by atoms with Crippen LogP contribution in [0, 0.1) is 0 Å². The fraction of sp³-hybridized carbons (Fsp3) is 0.280. The van der Waals surface area contributed by atoms with Gasteiger partial charge in [0.25, 0.3) is 5.91 Å². The van der Waals surface area contributed by atoms with Crippen LogP contribution in [0.5, 0.6) is 11.5 Å². The number of hydrogen-bond acceptors (Lipinski definition) is 5. The lowest BCUT2D eigenvalue weighted by Gasteiger charge is -2.43. The van der Waals surface area contributed by atoms with Crippen molar-refractivity contribution in [2.45, 2.75) is 32.4 Å². The van der Waals surface area contributed by atoms with Crippen molar-refractivity contribution in [1.82, 2.24) is 0 Å². The highest BCUT2D eigenvalue weighted by Crippen LogP contribution is 2.44. The van der Waals surface area contributed by atoms with Gasteiger partial charge in [-0.05, 0) is 37.1 Å². The molecule has 0 bridgehead atoms. The number of anilines is 2. The maximum atomic E-state index is 13.6. The average molecular weight is 434 g/mol. The van der Waals surface area contributed by atoms with Gasteiger partial charge in [-0.2, -0.15) is 0 Å². The van der Waals surface area contributed by atoms with E-state index in [1.807, 2.05) is 61.5 Å². The van der Waals surface area contributed by atoms with Gasteiger partial charge in [-0.3, -0.25) is 9.59 Å². The van der Waals surface area contributed by atoms with Gasteiger partial charge in [-0.15, -0.1) is 0 Å². The maximum absolute atomic E-state index is 13.6. The minimum absolute atomic E-state index is 0.0552. The number of para-hydroxylation sites is 2. The van der Waals surface area contributed by atoms with E-state index in [9.17, 15) is 9.59 Å². The van der Waals surface area contributed by atoms with Gasteiger partial charge in [0.15, 0.2) is 5.75 Å². The number of hydrogen-bond donors (Lipinski definition) is 0. The van der Waals surface area contributed by atoms with Crippen LogP contribution >= 0.6 is 0 Å². The highest BCUT2D eigenvalue weighted by Gasteiger charge is 2.40. The molecule has 0 unspecified atom stereocenters. The first-order valence-corrected chi connectivity index (χ1v) is 10.4. The highest BCUT2D eigenvalue weighted by atomic mass is 16.5. The van der Waals surface area contributed by atoms with Gasteiger partial charge in [0.05, 0.1) is 20.3 Å². The lowest BCUT2D eigenvalue weighted by molar-refractivity contribution is -0.117. The van der Waals surface area contributed by atoms with Crippen LogP contribution < -0.4 is 19.3 Å². The third-order valence-electron chi connectivity index (χ3n) is 5.80. The van der Waals surface area contributed by atoms with E-state index in [0.29, 0.717) is 12.2 Å². The lowest BCUT2D eigenvalue weighted by atomic mass is 9.89. The molecular formula is C25H26N2O5. The summed E-state index contributed by atoms with van der Waals surface area (Å²) in [7, 11) is 2.96. The molecule has 0 spiro atoms. The molecule has 0 aliphatic carbocycles. The molecule has 0 N–H and O–H groups in total. The van der Waals surface area contributed by atoms with E-state index >= 15 is 0 Å². The Balaban J connectivity index is 1.79. The molecule has 0 saturated carbocycles. The Morgan fingerprint density at radius 1 is 1.03 bits per heavy atom. The molecule has 166 valence electrons. The van der Waals surface area contributed by atoms with Gasteiger partial charge in [0.1, 0.15) is 6.26 Å². The summed E-state index contributed by atoms with van der Waals surface area (Å²) in [5, 5.41) is 0. The summed E-state index contributed by atoms with van der Waals surface area (Å²) in [4.78, 5) is 29.8. The Morgan fingerprint density at radius 3 is 2.38 bits per heavy atom. The predicted molar refractivity (Wildman–Crippen MR) is 121 cm³/mol. The Labute approximate surface area is 187 Å². The van der Waals surface area contributed by atoms with Crippen molar-refractivity contribution in [3.8, 4) is 11.5 Å². The van der Waals surface area contributed by atoms with E-state index in [2.05, 4.69) is 0 Å². The molecule has 0 radical (unpaired) electrons. The van der Waals surface area contributed by atoms with E-state index in [0.717, 1.165) is 16.9 Å². The first-order chi connectivity index (χ1) is 15.5. The van der Waals surface area contributed by atoms with Gasteiger partial charge >= 0.3 is 0 Å². The number of amides is 2. The van der Waals surface area contributed by atoms with Gasteiger partial charge in [0.2, 0.25) is 17.4 Å². The molecule has 2 heterocycles. The molecule has 0 saturated heterocycles. The molecule has 3 aromatic rings. The van der Waals surface area contributed by atoms with Crippen LogP contribution in [-0.4, -0.2) is 32.1 Å². The number of methoxy groups -OCH3 is 2. The Hall–Kier alpha value is -3.74. The summed E-state index contributed by atoms with van der Waals surface area (Å²) in [6, 6.07) is 16.8. The van der Waals surface area contributed by atoms with E-state index in [1.165, 1.54) is 20.5 Å². The SMILES string of the molecule is COc1coc(C(=O)N2c3ccccc3[C@H](N(C(C)=O)c3ccccc3)C[C@@H]2C)c1OC. The van der Waals surface area contributed by atoms with Crippen LogP contribution in [0.4, 0.5) is 11.4 Å². The quantitative estimate of drug-likeness (QED) is 0.575. The normalized spacial score (nSPS) is 17.4.